The maximum atomic E-state index is 4.75. The molecule has 4 aromatic heterocycles. The van der Waals surface area contributed by atoms with Crippen molar-refractivity contribution in [1.82, 2.24) is 34.6 Å². The standard InChI is InChI=1S/C21H19N7S/c1-14-18(15(2)27(25-14)17-6-4-3-5-7-17)8-9-19-26-28-20(23-24-21(28)29-19)16-10-12-22-13-11-16/h3-7,10-13H,8-9H2,1-2H3. The van der Waals surface area contributed by atoms with Crippen molar-refractivity contribution in [2.45, 2.75) is 26.7 Å². The van der Waals surface area contributed by atoms with E-state index in [1.54, 1.807) is 23.7 Å². The molecule has 0 amide bonds. The third-order valence-corrected chi connectivity index (χ3v) is 5.96. The number of hydrogen-bond donors (Lipinski definition) is 0. The fourth-order valence-corrected chi connectivity index (χ4v) is 4.36. The molecule has 0 fully saturated rings. The van der Waals surface area contributed by atoms with E-state index in [0.717, 1.165) is 45.6 Å². The first-order valence-corrected chi connectivity index (χ1v) is 10.2. The molecule has 0 atom stereocenters. The van der Waals surface area contributed by atoms with Crippen LogP contribution < -0.4 is 0 Å². The summed E-state index contributed by atoms with van der Waals surface area (Å²) in [4.78, 5) is 4.87. The van der Waals surface area contributed by atoms with E-state index in [2.05, 4.69) is 41.2 Å². The molecule has 7 nitrogen and oxygen atoms in total. The lowest BCUT2D eigenvalue weighted by atomic mass is 10.1. The molecule has 1 aromatic carbocycles. The number of benzene rings is 1. The molecule has 0 spiro atoms. The van der Waals surface area contributed by atoms with Gasteiger partial charge >= 0.3 is 0 Å². The minimum Gasteiger partial charge on any atom is -0.265 e. The van der Waals surface area contributed by atoms with Gasteiger partial charge in [0.25, 0.3) is 0 Å². The number of nitrogens with zero attached hydrogens (tertiary/aromatic N) is 7. The lowest BCUT2D eigenvalue weighted by molar-refractivity contribution is 0.829. The molecule has 5 aromatic rings. The van der Waals surface area contributed by atoms with Crippen molar-refractivity contribution in [1.29, 1.82) is 0 Å². The first-order chi connectivity index (χ1) is 14.2. The van der Waals surface area contributed by atoms with Gasteiger partial charge in [-0.2, -0.15) is 14.7 Å². The first-order valence-electron chi connectivity index (χ1n) is 9.43. The summed E-state index contributed by atoms with van der Waals surface area (Å²) in [7, 11) is 0. The number of pyridine rings is 1. The SMILES string of the molecule is Cc1nn(-c2ccccc2)c(C)c1CCc1nn2c(-c3ccncc3)nnc2s1. The van der Waals surface area contributed by atoms with E-state index >= 15 is 0 Å². The predicted molar refractivity (Wildman–Crippen MR) is 112 cm³/mol. The second-order valence-electron chi connectivity index (χ2n) is 6.85. The zero-order chi connectivity index (χ0) is 19.8. The van der Waals surface area contributed by atoms with Crippen LogP contribution in [0.15, 0.2) is 54.9 Å². The Morgan fingerprint density at radius 3 is 2.48 bits per heavy atom. The zero-order valence-electron chi connectivity index (χ0n) is 16.1. The molecule has 5 rings (SSSR count). The van der Waals surface area contributed by atoms with Crippen LogP contribution in [0.25, 0.3) is 22.0 Å². The van der Waals surface area contributed by atoms with E-state index in [1.807, 2.05) is 39.5 Å². The summed E-state index contributed by atoms with van der Waals surface area (Å²) in [5.74, 6) is 0.745. The monoisotopic (exact) mass is 401 g/mol. The van der Waals surface area contributed by atoms with E-state index in [-0.39, 0.29) is 0 Å². The van der Waals surface area contributed by atoms with Gasteiger partial charge in [-0.3, -0.25) is 4.98 Å². The summed E-state index contributed by atoms with van der Waals surface area (Å²) in [5.41, 5.74) is 5.55. The van der Waals surface area contributed by atoms with E-state index in [9.17, 15) is 0 Å². The van der Waals surface area contributed by atoms with Crippen LogP contribution in [0.1, 0.15) is 22.0 Å². The van der Waals surface area contributed by atoms with Gasteiger partial charge in [-0.25, -0.2) is 4.68 Å². The van der Waals surface area contributed by atoms with Gasteiger partial charge in [0.1, 0.15) is 5.01 Å². The Balaban J connectivity index is 1.40. The van der Waals surface area contributed by atoms with Crippen LogP contribution in [0.3, 0.4) is 0 Å². The number of aromatic nitrogens is 7. The number of para-hydroxylation sites is 1. The second kappa shape index (κ2) is 7.21. The molecule has 0 saturated heterocycles. The van der Waals surface area contributed by atoms with Crippen molar-refractivity contribution in [3.05, 3.63) is 76.8 Å². The number of hydrogen-bond acceptors (Lipinski definition) is 6. The van der Waals surface area contributed by atoms with Crippen LogP contribution >= 0.6 is 11.3 Å². The highest BCUT2D eigenvalue weighted by molar-refractivity contribution is 7.16. The molecule has 0 saturated carbocycles. The molecular weight excluding hydrogens is 382 g/mol. The highest BCUT2D eigenvalue weighted by Crippen LogP contribution is 2.24. The Morgan fingerprint density at radius 1 is 0.897 bits per heavy atom. The van der Waals surface area contributed by atoms with Crippen molar-refractivity contribution in [2.75, 3.05) is 0 Å². The largest absolute Gasteiger partial charge is 0.265 e. The van der Waals surface area contributed by atoms with Crippen LogP contribution in [0.2, 0.25) is 0 Å². The summed E-state index contributed by atoms with van der Waals surface area (Å²) >= 11 is 1.58. The minimum atomic E-state index is 0.745. The predicted octanol–water partition coefficient (Wildman–Crippen LogP) is 3.84. The average Bonchev–Trinajstić information content (AvgIpc) is 3.41. The van der Waals surface area contributed by atoms with Crippen molar-refractivity contribution < 1.29 is 0 Å². The lowest BCUT2D eigenvalue weighted by Crippen LogP contribution is -2.00. The van der Waals surface area contributed by atoms with Gasteiger partial charge in [-0.05, 0) is 50.1 Å². The Hall–Kier alpha value is -3.39. The zero-order valence-corrected chi connectivity index (χ0v) is 17.0. The van der Waals surface area contributed by atoms with Crippen LogP contribution in [-0.2, 0) is 12.8 Å². The molecule has 0 radical (unpaired) electrons. The molecule has 0 aliphatic rings. The van der Waals surface area contributed by atoms with Crippen molar-refractivity contribution in [3.63, 3.8) is 0 Å². The summed E-state index contributed by atoms with van der Waals surface area (Å²) < 4.78 is 3.84. The molecule has 0 bridgehead atoms. The Kier molecular flexibility index (Phi) is 4.40. The quantitative estimate of drug-likeness (QED) is 0.447. The van der Waals surface area contributed by atoms with Gasteiger partial charge in [0, 0.05) is 30.1 Å². The number of rotatable bonds is 5. The maximum Gasteiger partial charge on any atom is 0.234 e. The van der Waals surface area contributed by atoms with Gasteiger partial charge < -0.3 is 0 Å². The Bertz CT molecular complexity index is 1270. The van der Waals surface area contributed by atoms with Crippen molar-refractivity contribution in [2.24, 2.45) is 0 Å². The molecule has 144 valence electrons. The number of aryl methyl sites for hydroxylation is 2. The van der Waals surface area contributed by atoms with Gasteiger partial charge in [0.05, 0.1) is 11.4 Å². The van der Waals surface area contributed by atoms with Gasteiger partial charge in [0.15, 0.2) is 5.82 Å². The molecular formula is C21H19N7S. The van der Waals surface area contributed by atoms with E-state index < -0.39 is 0 Å². The second-order valence-corrected chi connectivity index (χ2v) is 7.89. The topological polar surface area (TPSA) is 73.8 Å². The smallest absolute Gasteiger partial charge is 0.234 e. The van der Waals surface area contributed by atoms with E-state index in [4.69, 9.17) is 10.2 Å². The molecule has 0 aliphatic carbocycles. The van der Waals surface area contributed by atoms with Crippen LogP contribution in [0.5, 0.6) is 0 Å². The number of fused-ring (bicyclic) bond motifs is 1. The Labute approximate surface area is 171 Å². The molecule has 8 heteroatoms. The van der Waals surface area contributed by atoms with Gasteiger partial charge in [-0.1, -0.05) is 29.5 Å². The fraction of sp³-hybridized carbons (Fsp3) is 0.190. The van der Waals surface area contributed by atoms with E-state index in [1.165, 1.54) is 11.3 Å². The van der Waals surface area contributed by atoms with Crippen LogP contribution in [0, 0.1) is 13.8 Å². The molecule has 4 heterocycles. The maximum absolute atomic E-state index is 4.75. The van der Waals surface area contributed by atoms with Gasteiger partial charge in [0.2, 0.25) is 4.96 Å². The summed E-state index contributed by atoms with van der Waals surface area (Å²) in [5, 5.41) is 19.1. The third-order valence-electron chi connectivity index (χ3n) is 5.00. The van der Waals surface area contributed by atoms with Crippen molar-refractivity contribution in [3.8, 4) is 17.1 Å². The Morgan fingerprint density at radius 2 is 1.69 bits per heavy atom. The average molecular weight is 401 g/mol. The third kappa shape index (κ3) is 3.21. The molecule has 0 aliphatic heterocycles. The minimum absolute atomic E-state index is 0.745. The van der Waals surface area contributed by atoms with Crippen LogP contribution in [0.4, 0.5) is 0 Å². The molecule has 29 heavy (non-hydrogen) atoms. The van der Waals surface area contributed by atoms with Crippen molar-refractivity contribution >= 4 is 16.3 Å². The normalized spacial score (nSPS) is 11.4. The highest BCUT2D eigenvalue weighted by Gasteiger charge is 2.16. The summed E-state index contributed by atoms with van der Waals surface area (Å²) in [6.45, 7) is 4.20. The first kappa shape index (κ1) is 17.7. The summed E-state index contributed by atoms with van der Waals surface area (Å²) in [6.07, 6.45) is 5.23. The van der Waals surface area contributed by atoms with Gasteiger partial charge in [-0.15, -0.1) is 10.2 Å². The molecule has 0 unspecified atom stereocenters. The lowest BCUT2D eigenvalue weighted by Gasteiger charge is -2.04. The fourth-order valence-electron chi connectivity index (χ4n) is 3.53. The molecule has 0 N–H and O–H groups in total. The summed E-state index contributed by atoms with van der Waals surface area (Å²) in [6, 6.07) is 14.1. The van der Waals surface area contributed by atoms with Crippen LogP contribution in [-0.4, -0.2) is 34.6 Å². The van der Waals surface area contributed by atoms with E-state index in [0.29, 0.717) is 0 Å². The highest BCUT2D eigenvalue weighted by atomic mass is 32.1.